The fourth-order valence-corrected chi connectivity index (χ4v) is 4.10. The molecule has 2 fully saturated rings. The SMILES string of the molecule is CC1CC(C)CN(CCCNC(=O)CCC2CCNCC2)C1. The van der Waals surface area contributed by atoms with Crippen molar-refractivity contribution < 1.29 is 4.79 Å². The van der Waals surface area contributed by atoms with Gasteiger partial charge in [-0.3, -0.25) is 4.79 Å². The summed E-state index contributed by atoms with van der Waals surface area (Å²) in [6, 6.07) is 0. The number of hydrogen-bond donors (Lipinski definition) is 2. The van der Waals surface area contributed by atoms with E-state index in [0.717, 1.165) is 56.8 Å². The van der Waals surface area contributed by atoms with Crippen LogP contribution >= 0.6 is 0 Å². The molecule has 0 saturated carbocycles. The van der Waals surface area contributed by atoms with Crippen LogP contribution in [0, 0.1) is 17.8 Å². The van der Waals surface area contributed by atoms with Crippen LogP contribution in [0.15, 0.2) is 0 Å². The molecule has 0 aromatic rings. The number of rotatable bonds is 7. The van der Waals surface area contributed by atoms with Gasteiger partial charge in [-0.2, -0.15) is 0 Å². The van der Waals surface area contributed by atoms with E-state index in [4.69, 9.17) is 0 Å². The molecule has 2 saturated heterocycles. The van der Waals surface area contributed by atoms with Crippen LogP contribution < -0.4 is 10.6 Å². The Balaban J connectivity index is 1.49. The predicted molar refractivity (Wildman–Crippen MR) is 91.8 cm³/mol. The van der Waals surface area contributed by atoms with Gasteiger partial charge in [0.25, 0.3) is 0 Å². The summed E-state index contributed by atoms with van der Waals surface area (Å²) in [7, 11) is 0. The zero-order valence-electron chi connectivity index (χ0n) is 14.6. The van der Waals surface area contributed by atoms with Gasteiger partial charge in [0.05, 0.1) is 0 Å². The minimum atomic E-state index is 0.249. The van der Waals surface area contributed by atoms with E-state index in [1.54, 1.807) is 0 Å². The minimum absolute atomic E-state index is 0.249. The maximum absolute atomic E-state index is 11.9. The van der Waals surface area contributed by atoms with Gasteiger partial charge in [0, 0.05) is 26.1 Å². The standard InChI is InChI=1S/C18H35N3O/c1-15-12-16(2)14-21(13-15)11-3-8-20-18(22)5-4-17-6-9-19-10-7-17/h15-17,19H,3-14H2,1-2H3,(H,20,22). The van der Waals surface area contributed by atoms with Gasteiger partial charge < -0.3 is 15.5 Å². The zero-order chi connectivity index (χ0) is 15.8. The molecule has 1 amide bonds. The third-order valence-corrected chi connectivity index (χ3v) is 5.16. The molecule has 0 bridgehead atoms. The second kappa shape index (κ2) is 9.51. The average Bonchev–Trinajstić information content (AvgIpc) is 2.50. The highest BCUT2D eigenvalue weighted by atomic mass is 16.1. The third kappa shape index (κ3) is 6.66. The molecule has 4 heteroatoms. The van der Waals surface area contributed by atoms with Crippen LogP contribution in [0.1, 0.15) is 52.4 Å². The van der Waals surface area contributed by atoms with E-state index in [1.165, 1.54) is 32.4 Å². The predicted octanol–water partition coefficient (Wildman–Crippen LogP) is 2.25. The van der Waals surface area contributed by atoms with Gasteiger partial charge in [-0.15, -0.1) is 0 Å². The van der Waals surface area contributed by atoms with E-state index >= 15 is 0 Å². The first kappa shape index (κ1) is 17.7. The van der Waals surface area contributed by atoms with Crippen LogP contribution in [0.3, 0.4) is 0 Å². The summed E-state index contributed by atoms with van der Waals surface area (Å²) in [5.74, 6) is 2.65. The molecule has 4 nitrogen and oxygen atoms in total. The number of nitrogens with one attached hydrogen (secondary N) is 2. The van der Waals surface area contributed by atoms with Crippen LogP contribution in [-0.4, -0.2) is 50.1 Å². The Bertz CT molecular complexity index is 318. The lowest BCUT2D eigenvalue weighted by atomic mass is 9.92. The summed E-state index contributed by atoms with van der Waals surface area (Å²) < 4.78 is 0. The van der Waals surface area contributed by atoms with Crippen LogP contribution in [0.4, 0.5) is 0 Å². The van der Waals surface area contributed by atoms with Crippen molar-refractivity contribution in [1.29, 1.82) is 0 Å². The summed E-state index contributed by atoms with van der Waals surface area (Å²) in [5, 5.41) is 6.48. The summed E-state index contributed by atoms with van der Waals surface area (Å²) in [6.07, 6.45) is 6.69. The van der Waals surface area contributed by atoms with Crippen molar-refractivity contribution in [2.75, 3.05) is 39.3 Å². The zero-order valence-corrected chi connectivity index (χ0v) is 14.6. The lowest BCUT2D eigenvalue weighted by Crippen LogP contribution is -2.40. The molecule has 0 aliphatic carbocycles. The Hall–Kier alpha value is -0.610. The van der Waals surface area contributed by atoms with Gasteiger partial charge in [-0.1, -0.05) is 13.8 Å². The maximum atomic E-state index is 11.9. The summed E-state index contributed by atoms with van der Waals surface area (Å²) in [6.45, 7) is 11.4. The second-order valence-electron chi connectivity index (χ2n) is 7.64. The Morgan fingerprint density at radius 2 is 1.86 bits per heavy atom. The molecule has 2 aliphatic rings. The molecular formula is C18H35N3O. The quantitative estimate of drug-likeness (QED) is 0.709. The number of carbonyl (C=O) groups excluding carboxylic acids is 1. The minimum Gasteiger partial charge on any atom is -0.356 e. The van der Waals surface area contributed by atoms with E-state index < -0.39 is 0 Å². The first-order valence-electron chi connectivity index (χ1n) is 9.33. The molecule has 2 unspecified atom stereocenters. The molecule has 2 heterocycles. The number of piperidine rings is 2. The fraction of sp³-hybridized carbons (Fsp3) is 0.944. The molecule has 2 atom stereocenters. The summed E-state index contributed by atoms with van der Waals surface area (Å²) in [4.78, 5) is 14.5. The van der Waals surface area contributed by atoms with Gasteiger partial charge in [0.1, 0.15) is 0 Å². The van der Waals surface area contributed by atoms with Gasteiger partial charge >= 0.3 is 0 Å². The maximum Gasteiger partial charge on any atom is 0.220 e. The van der Waals surface area contributed by atoms with Crippen LogP contribution in [0.5, 0.6) is 0 Å². The van der Waals surface area contributed by atoms with Gasteiger partial charge in [0.2, 0.25) is 5.91 Å². The highest BCUT2D eigenvalue weighted by Crippen LogP contribution is 2.20. The highest BCUT2D eigenvalue weighted by Gasteiger charge is 2.21. The smallest absolute Gasteiger partial charge is 0.220 e. The van der Waals surface area contributed by atoms with Crippen molar-refractivity contribution in [3.8, 4) is 0 Å². The van der Waals surface area contributed by atoms with Gasteiger partial charge in [0.15, 0.2) is 0 Å². The van der Waals surface area contributed by atoms with E-state index in [2.05, 4.69) is 29.4 Å². The number of carbonyl (C=O) groups is 1. The monoisotopic (exact) mass is 309 g/mol. The van der Waals surface area contributed by atoms with Crippen molar-refractivity contribution >= 4 is 5.91 Å². The van der Waals surface area contributed by atoms with Gasteiger partial charge in [-0.05, 0) is 69.5 Å². The highest BCUT2D eigenvalue weighted by molar-refractivity contribution is 5.75. The van der Waals surface area contributed by atoms with E-state index in [9.17, 15) is 4.79 Å². The second-order valence-corrected chi connectivity index (χ2v) is 7.64. The molecule has 2 N–H and O–H groups in total. The Morgan fingerprint density at radius 1 is 1.18 bits per heavy atom. The third-order valence-electron chi connectivity index (χ3n) is 5.16. The molecule has 0 radical (unpaired) electrons. The largest absolute Gasteiger partial charge is 0.356 e. The van der Waals surface area contributed by atoms with Crippen LogP contribution in [0.25, 0.3) is 0 Å². The Kier molecular flexibility index (Phi) is 7.67. The van der Waals surface area contributed by atoms with E-state index in [0.29, 0.717) is 6.42 Å². The molecular weight excluding hydrogens is 274 g/mol. The summed E-state index contributed by atoms with van der Waals surface area (Å²) >= 11 is 0. The van der Waals surface area contributed by atoms with Crippen molar-refractivity contribution in [1.82, 2.24) is 15.5 Å². The normalized spacial score (nSPS) is 27.7. The molecule has 128 valence electrons. The van der Waals surface area contributed by atoms with E-state index in [-0.39, 0.29) is 5.91 Å². The van der Waals surface area contributed by atoms with E-state index in [1.807, 2.05) is 0 Å². The lowest BCUT2D eigenvalue weighted by molar-refractivity contribution is -0.121. The molecule has 2 aliphatic heterocycles. The number of amides is 1. The molecule has 2 rings (SSSR count). The summed E-state index contributed by atoms with van der Waals surface area (Å²) in [5.41, 5.74) is 0. The van der Waals surface area contributed by atoms with Crippen LogP contribution in [-0.2, 0) is 4.79 Å². The molecule has 0 spiro atoms. The van der Waals surface area contributed by atoms with Crippen molar-refractivity contribution in [3.05, 3.63) is 0 Å². The first-order chi connectivity index (χ1) is 10.6. The topological polar surface area (TPSA) is 44.4 Å². The molecule has 22 heavy (non-hydrogen) atoms. The van der Waals surface area contributed by atoms with Crippen molar-refractivity contribution in [2.45, 2.75) is 52.4 Å². The first-order valence-corrected chi connectivity index (χ1v) is 9.33. The molecule has 0 aromatic heterocycles. The molecule has 0 aromatic carbocycles. The van der Waals surface area contributed by atoms with Gasteiger partial charge in [-0.25, -0.2) is 0 Å². The Labute approximate surface area is 136 Å². The van der Waals surface area contributed by atoms with Crippen molar-refractivity contribution in [2.24, 2.45) is 17.8 Å². The van der Waals surface area contributed by atoms with Crippen molar-refractivity contribution in [3.63, 3.8) is 0 Å². The fourth-order valence-electron chi connectivity index (χ4n) is 4.10. The number of likely N-dealkylation sites (tertiary alicyclic amines) is 1. The van der Waals surface area contributed by atoms with Crippen LogP contribution in [0.2, 0.25) is 0 Å². The Morgan fingerprint density at radius 3 is 2.55 bits per heavy atom. The lowest BCUT2D eigenvalue weighted by Gasteiger charge is -2.34. The number of hydrogen-bond acceptors (Lipinski definition) is 3. The number of nitrogens with zero attached hydrogens (tertiary/aromatic N) is 1. The average molecular weight is 309 g/mol.